The number of rotatable bonds is 10. The van der Waals surface area contributed by atoms with Crippen LogP contribution in [0, 0.1) is 11.8 Å². The van der Waals surface area contributed by atoms with Crippen LogP contribution in [0.15, 0.2) is 42.6 Å². The normalized spacial score (nSPS) is 11.1. The summed E-state index contributed by atoms with van der Waals surface area (Å²) in [4.78, 5) is 29.9. The van der Waals surface area contributed by atoms with E-state index in [0.29, 0.717) is 36.9 Å². The van der Waals surface area contributed by atoms with Crippen LogP contribution < -0.4 is 4.74 Å². The summed E-state index contributed by atoms with van der Waals surface area (Å²) in [5.41, 5.74) is 1.63. The van der Waals surface area contributed by atoms with Crippen LogP contribution in [0.25, 0.3) is 0 Å². The molecule has 6 heteroatoms. The quantitative estimate of drug-likeness (QED) is 0.595. The Labute approximate surface area is 180 Å². The van der Waals surface area contributed by atoms with Gasteiger partial charge in [0.2, 0.25) is 5.91 Å². The fourth-order valence-electron chi connectivity index (χ4n) is 3.39. The van der Waals surface area contributed by atoms with Gasteiger partial charge in [-0.1, -0.05) is 27.7 Å². The van der Waals surface area contributed by atoms with Gasteiger partial charge in [-0.3, -0.25) is 9.59 Å². The number of ether oxygens (including phenoxy) is 1. The lowest BCUT2D eigenvalue weighted by atomic mass is 10.1. The van der Waals surface area contributed by atoms with Crippen molar-refractivity contribution in [1.29, 1.82) is 0 Å². The summed E-state index contributed by atoms with van der Waals surface area (Å²) < 4.78 is 7.20. The summed E-state index contributed by atoms with van der Waals surface area (Å²) in [5, 5.41) is 0. The molecule has 1 aromatic carbocycles. The van der Waals surface area contributed by atoms with Crippen molar-refractivity contribution >= 4 is 11.8 Å². The van der Waals surface area contributed by atoms with Gasteiger partial charge in [0.1, 0.15) is 12.3 Å². The molecule has 0 saturated carbocycles. The van der Waals surface area contributed by atoms with Gasteiger partial charge in [-0.15, -0.1) is 0 Å². The van der Waals surface area contributed by atoms with Gasteiger partial charge in [0.25, 0.3) is 5.91 Å². The van der Waals surface area contributed by atoms with Crippen molar-refractivity contribution in [2.75, 3.05) is 26.7 Å². The molecule has 0 atom stereocenters. The lowest BCUT2D eigenvalue weighted by molar-refractivity contribution is -0.133. The fourth-order valence-corrected chi connectivity index (χ4v) is 3.39. The van der Waals surface area contributed by atoms with E-state index >= 15 is 0 Å². The number of hydrogen-bond acceptors (Lipinski definition) is 3. The van der Waals surface area contributed by atoms with Gasteiger partial charge < -0.3 is 19.1 Å². The lowest BCUT2D eigenvalue weighted by Gasteiger charge is -2.30. The SMILES string of the molecule is COc1ccc(C(=O)N(CC(=O)N(Cc2cccn2C)CC(C)C)CC(C)C)cc1. The van der Waals surface area contributed by atoms with E-state index in [4.69, 9.17) is 4.74 Å². The van der Waals surface area contributed by atoms with Crippen molar-refractivity contribution in [3.8, 4) is 5.75 Å². The van der Waals surface area contributed by atoms with Crippen molar-refractivity contribution in [3.05, 3.63) is 53.9 Å². The van der Waals surface area contributed by atoms with Crippen LogP contribution in [0.1, 0.15) is 43.7 Å². The molecule has 30 heavy (non-hydrogen) atoms. The van der Waals surface area contributed by atoms with Crippen LogP contribution >= 0.6 is 0 Å². The maximum absolute atomic E-state index is 13.2. The summed E-state index contributed by atoms with van der Waals surface area (Å²) in [7, 11) is 3.57. The van der Waals surface area contributed by atoms with E-state index in [-0.39, 0.29) is 24.3 Å². The van der Waals surface area contributed by atoms with Gasteiger partial charge >= 0.3 is 0 Å². The molecule has 0 bridgehead atoms. The number of benzene rings is 1. The van der Waals surface area contributed by atoms with Gasteiger partial charge in [0, 0.05) is 37.6 Å². The number of aromatic nitrogens is 1. The zero-order chi connectivity index (χ0) is 22.3. The number of amides is 2. The number of nitrogens with zero attached hydrogens (tertiary/aromatic N) is 3. The first kappa shape index (κ1) is 23.5. The molecule has 0 aliphatic rings. The molecule has 0 aliphatic heterocycles. The van der Waals surface area contributed by atoms with Crippen molar-refractivity contribution in [2.45, 2.75) is 34.2 Å². The fraction of sp³-hybridized carbons (Fsp3) is 0.500. The van der Waals surface area contributed by atoms with Crippen molar-refractivity contribution < 1.29 is 14.3 Å². The highest BCUT2D eigenvalue weighted by Gasteiger charge is 2.24. The predicted octanol–water partition coefficient (Wildman–Crippen LogP) is 3.82. The number of methoxy groups -OCH3 is 1. The number of hydrogen-bond donors (Lipinski definition) is 0. The molecule has 1 aromatic heterocycles. The van der Waals surface area contributed by atoms with Crippen molar-refractivity contribution in [3.63, 3.8) is 0 Å². The molecule has 0 radical (unpaired) electrons. The molecule has 2 amide bonds. The van der Waals surface area contributed by atoms with E-state index in [1.807, 2.05) is 34.8 Å². The standard InChI is InChI=1S/C24H35N3O3/c1-18(2)14-26(16-21-8-7-13-25(21)5)23(28)17-27(15-19(3)4)24(29)20-9-11-22(30-6)12-10-20/h7-13,18-19H,14-17H2,1-6H3. The molecule has 1 heterocycles. The Bertz CT molecular complexity index is 824. The number of carbonyl (C=O) groups is 2. The minimum absolute atomic E-state index is 0.0348. The first-order chi connectivity index (χ1) is 14.2. The van der Waals surface area contributed by atoms with Crippen LogP contribution in [-0.4, -0.2) is 52.9 Å². The van der Waals surface area contributed by atoms with Crippen molar-refractivity contribution in [2.24, 2.45) is 18.9 Å². The van der Waals surface area contributed by atoms with Crippen LogP contribution in [0.5, 0.6) is 5.75 Å². The number of carbonyl (C=O) groups excluding carboxylic acids is 2. The molecule has 164 valence electrons. The third-order valence-electron chi connectivity index (χ3n) is 4.88. The largest absolute Gasteiger partial charge is 0.497 e. The monoisotopic (exact) mass is 413 g/mol. The Hall–Kier alpha value is -2.76. The summed E-state index contributed by atoms with van der Waals surface area (Å²) in [5.74, 6) is 1.12. The minimum atomic E-state index is -0.136. The van der Waals surface area contributed by atoms with E-state index in [0.717, 1.165) is 5.69 Å². The van der Waals surface area contributed by atoms with E-state index in [1.54, 1.807) is 36.3 Å². The highest BCUT2D eigenvalue weighted by molar-refractivity contribution is 5.96. The second-order valence-corrected chi connectivity index (χ2v) is 8.59. The zero-order valence-corrected chi connectivity index (χ0v) is 19.1. The Balaban J connectivity index is 2.19. The molecular formula is C24H35N3O3. The second-order valence-electron chi connectivity index (χ2n) is 8.59. The third-order valence-corrected chi connectivity index (χ3v) is 4.88. The van der Waals surface area contributed by atoms with Crippen LogP contribution in [0.2, 0.25) is 0 Å². The minimum Gasteiger partial charge on any atom is -0.497 e. The van der Waals surface area contributed by atoms with Gasteiger partial charge in [-0.05, 0) is 48.2 Å². The molecule has 0 N–H and O–H groups in total. The highest BCUT2D eigenvalue weighted by Crippen LogP contribution is 2.15. The van der Waals surface area contributed by atoms with Crippen molar-refractivity contribution in [1.82, 2.24) is 14.4 Å². The third kappa shape index (κ3) is 6.65. The molecule has 2 rings (SSSR count). The molecule has 0 unspecified atom stereocenters. The summed E-state index contributed by atoms with van der Waals surface area (Å²) in [6.07, 6.45) is 1.98. The average Bonchev–Trinajstić information content (AvgIpc) is 3.10. The number of aryl methyl sites for hydroxylation is 1. The Morgan fingerprint density at radius 1 is 0.967 bits per heavy atom. The first-order valence-corrected chi connectivity index (χ1v) is 10.5. The Kier molecular flexibility index (Phi) is 8.51. The topological polar surface area (TPSA) is 54.8 Å². The average molecular weight is 414 g/mol. The summed E-state index contributed by atoms with van der Waals surface area (Å²) in [6.45, 7) is 10.1. The Morgan fingerprint density at radius 3 is 2.07 bits per heavy atom. The molecule has 2 aromatic rings. The lowest BCUT2D eigenvalue weighted by Crippen LogP contribution is -2.45. The highest BCUT2D eigenvalue weighted by atomic mass is 16.5. The summed E-state index contributed by atoms with van der Waals surface area (Å²) in [6, 6.07) is 11.0. The van der Waals surface area contributed by atoms with Crippen LogP contribution in [0.3, 0.4) is 0 Å². The molecular weight excluding hydrogens is 378 g/mol. The Morgan fingerprint density at radius 2 is 1.57 bits per heavy atom. The van der Waals surface area contributed by atoms with Gasteiger partial charge in [-0.2, -0.15) is 0 Å². The van der Waals surface area contributed by atoms with E-state index in [2.05, 4.69) is 27.7 Å². The van der Waals surface area contributed by atoms with Gasteiger partial charge in [0.15, 0.2) is 0 Å². The molecule has 6 nitrogen and oxygen atoms in total. The molecule has 0 spiro atoms. The summed E-state index contributed by atoms with van der Waals surface area (Å²) >= 11 is 0. The second kappa shape index (κ2) is 10.9. The maximum atomic E-state index is 13.2. The van der Waals surface area contributed by atoms with E-state index < -0.39 is 0 Å². The van der Waals surface area contributed by atoms with E-state index in [1.165, 1.54) is 0 Å². The molecule has 0 saturated heterocycles. The smallest absolute Gasteiger partial charge is 0.254 e. The zero-order valence-electron chi connectivity index (χ0n) is 19.1. The van der Waals surface area contributed by atoms with Crippen LogP contribution in [-0.2, 0) is 18.4 Å². The maximum Gasteiger partial charge on any atom is 0.254 e. The predicted molar refractivity (Wildman–Crippen MR) is 119 cm³/mol. The van der Waals surface area contributed by atoms with Crippen LogP contribution in [0.4, 0.5) is 0 Å². The first-order valence-electron chi connectivity index (χ1n) is 10.5. The van der Waals surface area contributed by atoms with Gasteiger partial charge in [-0.25, -0.2) is 0 Å². The molecule has 0 aliphatic carbocycles. The van der Waals surface area contributed by atoms with Gasteiger partial charge in [0.05, 0.1) is 13.7 Å². The van der Waals surface area contributed by atoms with E-state index in [9.17, 15) is 9.59 Å². The molecule has 0 fully saturated rings.